The molecule has 1 aromatic rings. The van der Waals surface area contributed by atoms with Crippen LogP contribution in [0.15, 0.2) is 18.2 Å². The van der Waals surface area contributed by atoms with Gasteiger partial charge in [-0.05, 0) is 18.1 Å². The second-order valence-electron chi connectivity index (χ2n) is 8.10. The second kappa shape index (κ2) is 10.7. The van der Waals surface area contributed by atoms with E-state index < -0.39 is 59.4 Å². The molecule has 5 atom stereocenters. The summed E-state index contributed by atoms with van der Waals surface area (Å²) in [4.78, 5) is 59.7. The van der Waals surface area contributed by atoms with Crippen molar-refractivity contribution in [1.29, 1.82) is 0 Å². The van der Waals surface area contributed by atoms with Crippen LogP contribution in [0.3, 0.4) is 0 Å². The van der Waals surface area contributed by atoms with Crippen molar-refractivity contribution in [2.24, 2.45) is 0 Å². The summed E-state index contributed by atoms with van der Waals surface area (Å²) in [6.45, 7) is 4.64. The molecule has 0 radical (unpaired) electrons. The summed E-state index contributed by atoms with van der Waals surface area (Å²) in [5, 5.41) is 11.2. The van der Waals surface area contributed by atoms with Gasteiger partial charge in [-0.15, -0.1) is 0 Å². The third kappa shape index (κ3) is 6.04. The summed E-state index contributed by atoms with van der Waals surface area (Å²) in [5.41, 5.74) is 1.19. The minimum Gasteiger partial charge on any atom is -0.463 e. The number of esters is 4. The maximum absolute atomic E-state index is 12.0. The predicted molar refractivity (Wildman–Crippen MR) is 116 cm³/mol. The Kier molecular flexibility index (Phi) is 7.89. The topological polar surface area (TPSA) is 161 Å². The summed E-state index contributed by atoms with van der Waals surface area (Å²) in [7, 11) is 0. The van der Waals surface area contributed by atoms with Crippen molar-refractivity contribution in [3.05, 3.63) is 33.9 Å². The number of hydrogen-bond donors (Lipinski definition) is 0. The molecule has 0 bridgehead atoms. The highest BCUT2D eigenvalue weighted by atomic mass is 16.7. The Bertz CT molecular complexity index is 1030. The van der Waals surface area contributed by atoms with E-state index in [0.717, 1.165) is 20.8 Å². The van der Waals surface area contributed by atoms with E-state index in [1.54, 1.807) is 11.0 Å². The van der Waals surface area contributed by atoms with E-state index in [4.69, 9.17) is 23.7 Å². The van der Waals surface area contributed by atoms with Crippen molar-refractivity contribution in [2.75, 3.05) is 18.1 Å². The molecule has 2 heterocycles. The fraction of sp³-hybridized carbons (Fsp3) is 0.545. The first kappa shape index (κ1) is 25.9. The molecule has 2 aliphatic rings. The van der Waals surface area contributed by atoms with Crippen LogP contribution < -0.4 is 4.90 Å². The quantitative estimate of drug-likeness (QED) is 0.230. The van der Waals surface area contributed by atoms with Gasteiger partial charge in [0, 0.05) is 52.1 Å². The molecule has 3 rings (SSSR count). The number of hydrogen-bond acceptors (Lipinski definition) is 12. The van der Waals surface area contributed by atoms with Gasteiger partial charge >= 0.3 is 23.9 Å². The Morgan fingerprint density at radius 3 is 2.14 bits per heavy atom. The molecule has 13 nitrogen and oxygen atoms in total. The van der Waals surface area contributed by atoms with E-state index in [1.807, 2.05) is 0 Å². The maximum Gasteiger partial charge on any atom is 0.303 e. The highest BCUT2D eigenvalue weighted by Gasteiger charge is 2.54. The van der Waals surface area contributed by atoms with Crippen molar-refractivity contribution >= 4 is 35.3 Å². The van der Waals surface area contributed by atoms with Crippen molar-refractivity contribution in [3.63, 3.8) is 0 Å². The number of rotatable bonds is 7. The zero-order chi connectivity index (χ0) is 25.9. The van der Waals surface area contributed by atoms with Gasteiger partial charge in [0.05, 0.1) is 4.92 Å². The van der Waals surface area contributed by atoms with Crippen molar-refractivity contribution < 1.29 is 47.8 Å². The number of nitrogens with zero attached hydrogens (tertiary/aromatic N) is 2. The van der Waals surface area contributed by atoms with Gasteiger partial charge in [-0.3, -0.25) is 29.3 Å². The molecular formula is C22H26N2O11. The average molecular weight is 494 g/mol. The largest absolute Gasteiger partial charge is 0.463 e. The lowest BCUT2D eigenvalue weighted by Gasteiger charge is -2.47. The fourth-order valence-corrected chi connectivity index (χ4v) is 4.25. The van der Waals surface area contributed by atoms with Crippen LogP contribution in [-0.4, -0.2) is 72.6 Å². The molecular weight excluding hydrogens is 468 g/mol. The van der Waals surface area contributed by atoms with Gasteiger partial charge in [-0.25, -0.2) is 0 Å². The second-order valence-corrected chi connectivity index (χ2v) is 8.10. The van der Waals surface area contributed by atoms with Crippen molar-refractivity contribution in [3.8, 4) is 0 Å². The standard InChI is InChI=1S/C22H26N2O11/c1-11(25)31-10-18-19(32-12(2)26)20(33-13(3)27)21(34-14(4)28)22(35-18)23-8-7-15-9-16(24(29)30)5-6-17(15)23/h5-6,9,18-22H,7-8,10H2,1-4H3/t18-,19-,20-,21-,22+/m0/s1. The predicted octanol–water partition coefficient (Wildman–Crippen LogP) is 1.04. The zero-order valence-electron chi connectivity index (χ0n) is 19.6. The van der Waals surface area contributed by atoms with E-state index in [0.29, 0.717) is 24.2 Å². The maximum atomic E-state index is 12.0. The van der Waals surface area contributed by atoms with Gasteiger partial charge in [-0.2, -0.15) is 0 Å². The molecule has 0 spiro atoms. The van der Waals surface area contributed by atoms with Crippen LogP contribution >= 0.6 is 0 Å². The van der Waals surface area contributed by atoms with Crippen LogP contribution in [0.5, 0.6) is 0 Å². The molecule has 0 N–H and O–H groups in total. The summed E-state index contributed by atoms with van der Waals surface area (Å²) in [6, 6.07) is 4.33. The SMILES string of the molecule is CC(=O)OC[C@@H]1O[C@@H](N2CCc3cc([N+](=O)[O-])ccc32)[C@@H](OC(C)=O)[C@@H](OC(C)=O)[C@H]1OC(C)=O. The molecule has 190 valence electrons. The van der Waals surface area contributed by atoms with Gasteiger partial charge in [-0.1, -0.05) is 0 Å². The Morgan fingerprint density at radius 1 is 0.971 bits per heavy atom. The van der Waals surface area contributed by atoms with E-state index in [1.165, 1.54) is 19.1 Å². The lowest BCUT2D eigenvalue weighted by Crippen LogP contribution is -2.66. The van der Waals surface area contributed by atoms with E-state index in [-0.39, 0.29) is 12.3 Å². The number of benzene rings is 1. The zero-order valence-corrected chi connectivity index (χ0v) is 19.6. The molecule has 1 aromatic carbocycles. The molecule has 2 aliphatic heterocycles. The fourth-order valence-electron chi connectivity index (χ4n) is 4.25. The first-order valence-electron chi connectivity index (χ1n) is 10.8. The van der Waals surface area contributed by atoms with Crippen LogP contribution in [0.2, 0.25) is 0 Å². The smallest absolute Gasteiger partial charge is 0.303 e. The molecule has 35 heavy (non-hydrogen) atoms. The van der Waals surface area contributed by atoms with Gasteiger partial charge in [0.25, 0.3) is 5.69 Å². The van der Waals surface area contributed by atoms with Crippen molar-refractivity contribution in [2.45, 2.75) is 64.8 Å². The molecule has 0 aliphatic carbocycles. The highest BCUT2D eigenvalue weighted by molar-refractivity contribution is 5.69. The van der Waals surface area contributed by atoms with Gasteiger partial charge in [0.1, 0.15) is 12.7 Å². The first-order valence-corrected chi connectivity index (χ1v) is 10.8. The molecule has 13 heteroatoms. The number of fused-ring (bicyclic) bond motifs is 1. The third-order valence-corrected chi connectivity index (χ3v) is 5.48. The van der Waals surface area contributed by atoms with Crippen LogP contribution in [0.25, 0.3) is 0 Å². The third-order valence-electron chi connectivity index (χ3n) is 5.48. The van der Waals surface area contributed by atoms with Crippen LogP contribution in [-0.2, 0) is 49.3 Å². The number of carbonyl (C=O) groups excluding carboxylic acids is 4. The van der Waals surface area contributed by atoms with Gasteiger partial charge < -0.3 is 28.6 Å². The highest BCUT2D eigenvalue weighted by Crippen LogP contribution is 2.38. The van der Waals surface area contributed by atoms with Gasteiger partial charge in [0.15, 0.2) is 24.5 Å². The van der Waals surface area contributed by atoms with Crippen LogP contribution in [0, 0.1) is 10.1 Å². The molecule has 1 saturated heterocycles. The number of nitro groups is 1. The summed E-state index contributed by atoms with van der Waals surface area (Å²) < 4.78 is 27.6. The number of carbonyl (C=O) groups is 4. The Balaban J connectivity index is 2.05. The normalized spacial score (nSPS) is 25.3. The van der Waals surface area contributed by atoms with Crippen LogP contribution in [0.4, 0.5) is 11.4 Å². The monoisotopic (exact) mass is 494 g/mol. The summed E-state index contributed by atoms with van der Waals surface area (Å²) in [5.74, 6) is -2.77. The number of anilines is 1. The molecule has 0 saturated carbocycles. The van der Waals surface area contributed by atoms with Crippen LogP contribution in [0.1, 0.15) is 33.3 Å². The average Bonchev–Trinajstić information content (AvgIpc) is 3.17. The summed E-state index contributed by atoms with van der Waals surface area (Å²) in [6.07, 6.45) is -5.49. The molecule has 0 unspecified atom stereocenters. The summed E-state index contributed by atoms with van der Waals surface area (Å²) >= 11 is 0. The Morgan fingerprint density at radius 2 is 1.57 bits per heavy atom. The van der Waals surface area contributed by atoms with Crippen molar-refractivity contribution in [1.82, 2.24) is 0 Å². The van der Waals surface area contributed by atoms with E-state index >= 15 is 0 Å². The van der Waals surface area contributed by atoms with E-state index in [9.17, 15) is 29.3 Å². The first-order chi connectivity index (χ1) is 16.5. The number of nitro benzene ring substituents is 1. The molecule has 0 amide bonds. The lowest BCUT2D eigenvalue weighted by molar-refractivity contribution is -0.384. The minimum absolute atomic E-state index is 0.0767. The number of ether oxygens (including phenoxy) is 5. The van der Waals surface area contributed by atoms with Gasteiger partial charge in [0.2, 0.25) is 0 Å². The Hall–Kier alpha value is -3.74. The minimum atomic E-state index is -1.29. The van der Waals surface area contributed by atoms with E-state index in [2.05, 4.69) is 0 Å². The lowest BCUT2D eigenvalue weighted by atomic mass is 9.96. The Labute approximate surface area is 200 Å². The molecule has 0 aromatic heterocycles. The number of non-ortho nitro benzene ring substituents is 1. The molecule has 1 fully saturated rings.